The van der Waals surface area contributed by atoms with Gasteiger partial charge in [0.05, 0.1) is 0 Å². The summed E-state index contributed by atoms with van der Waals surface area (Å²) in [4.78, 5) is 1.40. The van der Waals surface area contributed by atoms with Gasteiger partial charge in [-0.1, -0.05) is 28.9 Å². The molecule has 2 aromatic rings. The Morgan fingerprint density at radius 2 is 2.00 bits per heavy atom. The van der Waals surface area contributed by atoms with E-state index in [1.54, 1.807) is 0 Å². The fourth-order valence-electron chi connectivity index (χ4n) is 1.76. The molecule has 0 fully saturated rings. The Morgan fingerprint density at radius 1 is 1.21 bits per heavy atom. The second-order valence-corrected chi connectivity index (χ2v) is 5.35. The molecule has 0 saturated heterocycles. The minimum absolute atomic E-state index is 0.961. The fraction of sp³-hybridized carbons (Fsp3) is 0.333. The monoisotopic (exact) mass is 268 g/mol. The highest BCUT2D eigenvalue weighted by molar-refractivity contribution is 9.08. The Kier molecular flexibility index (Phi) is 2.93. The molecular formula is C12H13BrS. The summed E-state index contributed by atoms with van der Waals surface area (Å²) >= 11 is 5.43. The molecule has 0 atom stereocenters. The molecule has 74 valence electrons. The average Bonchev–Trinajstić information content (AvgIpc) is 2.54. The van der Waals surface area contributed by atoms with Crippen molar-refractivity contribution in [2.45, 2.75) is 25.6 Å². The zero-order chi connectivity index (χ0) is 10.1. The second-order valence-electron chi connectivity index (χ2n) is 3.50. The normalized spacial score (nSPS) is 11.1. The Labute approximate surface area is 97.1 Å². The summed E-state index contributed by atoms with van der Waals surface area (Å²) in [5.74, 6) is 0. The first-order valence-corrected chi connectivity index (χ1v) is 6.76. The summed E-state index contributed by atoms with van der Waals surface area (Å²) in [5, 5.41) is 2.36. The molecule has 0 unspecified atom stereocenters. The summed E-state index contributed by atoms with van der Waals surface area (Å²) in [6, 6.07) is 6.92. The van der Waals surface area contributed by atoms with Crippen LogP contribution in [0.2, 0.25) is 0 Å². The first-order chi connectivity index (χ1) is 6.74. The van der Waals surface area contributed by atoms with Crippen LogP contribution in [0.5, 0.6) is 0 Å². The van der Waals surface area contributed by atoms with Crippen molar-refractivity contribution < 1.29 is 0 Å². The third-order valence-corrected chi connectivity index (χ3v) is 4.10. The van der Waals surface area contributed by atoms with E-state index in [0.29, 0.717) is 0 Å². The van der Waals surface area contributed by atoms with E-state index in [-0.39, 0.29) is 0 Å². The third kappa shape index (κ3) is 1.73. The largest absolute Gasteiger partial charge is 0.141 e. The molecule has 0 nitrogen and oxygen atoms in total. The number of halogens is 1. The van der Waals surface area contributed by atoms with Crippen LogP contribution in [0.1, 0.15) is 22.9 Å². The quantitative estimate of drug-likeness (QED) is 0.695. The molecule has 14 heavy (non-hydrogen) atoms. The third-order valence-electron chi connectivity index (χ3n) is 2.49. The zero-order valence-corrected chi connectivity index (χ0v) is 10.8. The van der Waals surface area contributed by atoms with Crippen molar-refractivity contribution in [1.29, 1.82) is 0 Å². The molecule has 0 amide bonds. The molecule has 1 aromatic carbocycles. The topological polar surface area (TPSA) is 0 Å². The fourth-order valence-corrected chi connectivity index (χ4v) is 3.25. The molecule has 0 aliphatic rings. The number of fused-ring (bicyclic) bond motifs is 1. The smallest absolute Gasteiger partial charge is 0.0348 e. The van der Waals surface area contributed by atoms with Gasteiger partial charge in [-0.25, -0.2) is 0 Å². The van der Waals surface area contributed by atoms with Gasteiger partial charge in [-0.2, -0.15) is 0 Å². The minimum atomic E-state index is 0.961. The molecule has 0 bridgehead atoms. The van der Waals surface area contributed by atoms with Crippen LogP contribution in [0.15, 0.2) is 18.2 Å². The lowest BCUT2D eigenvalue weighted by molar-refractivity contribution is 1.11. The second kappa shape index (κ2) is 4.03. The van der Waals surface area contributed by atoms with Crippen molar-refractivity contribution in [3.05, 3.63) is 34.2 Å². The van der Waals surface area contributed by atoms with E-state index in [1.807, 2.05) is 11.3 Å². The summed E-state index contributed by atoms with van der Waals surface area (Å²) in [5.41, 5.74) is 2.90. The molecule has 0 aliphatic carbocycles. The van der Waals surface area contributed by atoms with Crippen LogP contribution >= 0.6 is 27.3 Å². The molecule has 0 radical (unpaired) electrons. The van der Waals surface area contributed by atoms with E-state index in [1.165, 1.54) is 26.1 Å². The molecule has 1 aromatic heterocycles. The van der Waals surface area contributed by atoms with Gasteiger partial charge in [-0.3, -0.25) is 0 Å². The van der Waals surface area contributed by atoms with Gasteiger partial charge < -0.3 is 0 Å². The van der Waals surface area contributed by atoms with Crippen molar-refractivity contribution >= 4 is 37.4 Å². The standard InChI is InChI=1S/C12H13BrS/c1-3-9-5-10-4-8(2)14-12(10)6-11(9)7-13/h4-6H,3,7H2,1-2H3. The number of benzene rings is 1. The number of aryl methyl sites for hydroxylation is 2. The molecule has 1 heterocycles. The molecule has 0 N–H and O–H groups in total. The highest BCUT2D eigenvalue weighted by Crippen LogP contribution is 2.29. The Morgan fingerprint density at radius 3 is 2.64 bits per heavy atom. The van der Waals surface area contributed by atoms with Crippen molar-refractivity contribution in [3.8, 4) is 0 Å². The van der Waals surface area contributed by atoms with E-state index >= 15 is 0 Å². The van der Waals surface area contributed by atoms with Gasteiger partial charge in [0.1, 0.15) is 0 Å². The van der Waals surface area contributed by atoms with Gasteiger partial charge in [-0.15, -0.1) is 11.3 Å². The molecule has 2 heteroatoms. The highest BCUT2D eigenvalue weighted by Gasteiger charge is 2.04. The van der Waals surface area contributed by atoms with E-state index in [0.717, 1.165) is 11.8 Å². The van der Waals surface area contributed by atoms with Gasteiger partial charge in [0.25, 0.3) is 0 Å². The summed E-state index contributed by atoms with van der Waals surface area (Å²) in [6.45, 7) is 4.39. The zero-order valence-electron chi connectivity index (χ0n) is 8.43. The Hall–Kier alpha value is -0.340. The first kappa shape index (κ1) is 10.2. The van der Waals surface area contributed by atoms with Crippen molar-refractivity contribution in [2.24, 2.45) is 0 Å². The Bertz CT molecular complexity index is 416. The van der Waals surface area contributed by atoms with Gasteiger partial charge >= 0.3 is 0 Å². The van der Waals surface area contributed by atoms with Crippen molar-refractivity contribution in [2.75, 3.05) is 0 Å². The number of alkyl halides is 1. The lowest BCUT2D eigenvalue weighted by atomic mass is 10.0. The molecule has 0 aliphatic heterocycles. The van der Waals surface area contributed by atoms with E-state index < -0.39 is 0 Å². The van der Waals surface area contributed by atoms with Crippen LogP contribution in [0, 0.1) is 6.92 Å². The first-order valence-electron chi connectivity index (χ1n) is 4.82. The van der Waals surface area contributed by atoms with Crippen molar-refractivity contribution in [1.82, 2.24) is 0 Å². The molecule has 0 spiro atoms. The average molecular weight is 269 g/mol. The predicted molar refractivity (Wildman–Crippen MR) is 68.6 cm³/mol. The number of rotatable bonds is 2. The molecular weight excluding hydrogens is 256 g/mol. The highest BCUT2D eigenvalue weighted by atomic mass is 79.9. The lowest BCUT2D eigenvalue weighted by Crippen LogP contribution is -1.87. The predicted octanol–water partition coefficient (Wildman–Crippen LogP) is 4.67. The lowest BCUT2D eigenvalue weighted by Gasteiger charge is -2.04. The Balaban J connectivity index is 2.68. The molecule has 2 rings (SSSR count). The maximum atomic E-state index is 3.55. The van der Waals surface area contributed by atoms with Crippen LogP contribution < -0.4 is 0 Å². The van der Waals surface area contributed by atoms with Crippen LogP contribution in [-0.2, 0) is 11.8 Å². The minimum Gasteiger partial charge on any atom is -0.141 e. The summed E-state index contributed by atoms with van der Waals surface area (Å²) in [6.07, 6.45) is 1.12. The maximum absolute atomic E-state index is 3.55. The van der Waals surface area contributed by atoms with Crippen LogP contribution in [0.4, 0.5) is 0 Å². The summed E-state index contributed by atoms with van der Waals surface area (Å²) in [7, 11) is 0. The van der Waals surface area contributed by atoms with Crippen LogP contribution in [0.3, 0.4) is 0 Å². The van der Waals surface area contributed by atoms with Gasteiger partial charge in [-0.05, 0) is 42.0 Å². The number of thiophene rings is 1. The number of hydrogen-bond donors (Lipinski definition) is 0. The van der Waals surface area contributed by atoms with E-state index in [9.17, 15) is 0 Å². The summed E-state index contributed by atoms with van der Waals surface area (Å²) < 4.78 is 1.41. The van der Waals surface area contributed by atoms with Gasteiger partial charge in [0, 0.05) is 14.9 Å². The maximum Gasteiger partial charge on any atom is 0.0348 e. The van der Waals surface area contributed by atoms with Crippen LogP contribution in [-0.4, -0.2) is 0 Å². The van der Waals surface area contributed by atoms with Gasteiger partial charge in [0.15, 0.2) is 0 Å². The van der Waals surface area contributed by atoms with Gasteiger partial charge in [0.2, 0.25) is 0 Å². The van der Waals surface area contributed by atoms with E-state index in [2.05, 4.69) is 48.0 Å². The SMILES string of the molecule is CCc1cc2cc(C)sc2cc1CBr. The number of hydrogen-bond acceptors (Lipinski definition) is 1. The van der Waals surface area contributed by atoms with Crippen LogP contribution in [0.25, 0.3) is 10.1 Å². The van der Waals surface area contributed by atoms with E-state index in [4.69, 9.17) is 0 Å². The molecule has 0 saturated carbocycles. The van der Waals surface area contributed by atoms with Crippen molar-refractivity contribution in [3.63, 3.8) is 0 Å².